The van der Waals surface area contributed by atoms with Gasteiger partial charge in [-0.15, -0.1) is 0 Å². The highest BCUT2D eigenvalue weighted by Gasteiger charge is 2.49. The van der Waals surface area contributed by atoms with E-state index in [9.17, 15) is 12.8 Å². The van der Waals surface area contributed by atoms with Gasteiger partial charge in [-0.2, -0.15) is 0 Å². The fraction of sp³-hybridized carbons (Fsp3) is 0.458. The van der Waals surface area contributed by atoms with E-state index in [1.54, 1.807) is 12.3 Å². The predicted molar refractivity (Wildman–Crippen MR) is 116 cm³/mol. The van der Waals surface area contributed by atoms with Crippen molar-refractivity contribution >= 4 is 16.1 Å². The van der Waals surface area contributed by atoms with Crippen molar-refractivity contribution in [2.24, 2.45) is 23.7 Å². The number of benzene rings is 1. The fourth-order valence-corrected chi connectivity index (χ4v) is 7.64. The molecular weight excluding hydrogens is 399 g/mol. The van der Waals surface area contributed by atoms with Gasteiger partial charge in [0.1, 0.15) is 5.82 Å². The third-order valence-electron chi connectivity index (χ3n) is 7.21. The van der Waals surface area contributed by atoms with Gasteiger partial charge >= 0.3 is 0 Å². The number of sulfonamides is 1. The molecule has 1 aromatic heterocycles. The Morgan fingerprint density at radius 2 is 1.93 bits per heavy atom. The molecule has 3 unspecified atom stereocenters. The van der Waals surface area contributed by atoms with Crippen LogP contribution in [0.15, 0.2) is 48.7 Å². The number of fused-ring (bicyclic) bond motifs is 2. The molecule has 0 spiro atoms. The van der Waals surface area contributed by atoms with Crippen molar-refractivity contribution < 1.29 is 12.8 Å². The van der Waals surface area contributed by atoms with Crippen molar-refractivity contribution in [1.29, 1.82) is 0 Å². The van der Waals surface area contributed by atoms with Gasteiger partial charge in [0.15, 0.2) is 0 Å². The molecule has 1 saturated heterocycles. The number of hydrogen-bond acceptors (Lipinski definition) is 3. The van der Waals surface area contributed by atoms with Crippen LogP contribution in [0.25, 0.3) is 17.2 Å². The number of allylic oxidation sites excluding steroid dienone is 1. The normalized spacial score (nSPS) is 32.6. The number of aromatic nitrogens is 1. The molecule has 6 heteroatoms. The molecule has 0 amide bonds. The maximum absolute atomic E-state index is 13.5. The maximum atomic E-state index is 13.5. The quantitative estimate of drug-likeness (QED) is 0.778. The lowest BCUT2D eigenvalue weighted by Crippen LogP contribution is -2.45. The topological polar surface area (TPSA) is 59.1 Å². The van der Waals surface area contributed by atoms with E-state index in [4.69, 9.17) is 0 Å². The van der Waals surface area contributed by atoms with E-state index in [0.29, 0.717) is 11.8 Å². The lowest BCUT2D eigenvalue weighted by Gasteiger charge is -2.45. The first-order valence-electron chi connectivity index (χ1n) is 10.9. The maximum Gasteiger partial charge on any atom is 0.212 e. The molecule has 4 nitrogen and oxygen atoms in total. The van der Waals surface area contributed by atoms with E-state index >= 15 is 0 Å². The van der Waals surface area contributed by atoms with Crippen LogP contribution >= 0.6 is 0 Å². The molecule has 0 bridgehead atoms. The van der Waals surface area contributed by atoms with Crippen molar-refractivity contribution in [3.63, 3.8) is 0 Å². The van der Waals surface area contributed by atoms with Gasteiger partial charge in [0.25, 0.3) is 0 Å². The zero-order chi connectivity index (χ0) is 20.7. The third kappa shape index (κ3) is 3.95. The number of pyridine rings is 1. The second kappa shape index (κ2) is 7.89. The van der Waals surface area contributed by atoms with Gasteiger partial charge in [0.05, 0.1) is 11.4 Å². The molecule has 30 heavy (non-hydrogen) atoms. The molecular formula is C24H27FN2O2S. The summed E-state index contributed by atoms with van der Waals surface area (Å²) in [6.07, 6.45) is 11.9. The molecule has 1 aliphatic heterocycles. The summed E-state index contributed by atoms with van der Waals surface area (Å²) in [5.74, 6) is 1.57. The molecule has 158 valence electrons. The minimum atomic E-state index is -3.16. The van der Waals surface area contributed by atoms with Gasteiger partial charge in [-0.1, -0.05) is 43.5 Å². The SMILES string of the molecule is O=S1(=O)C[C@@H]2C(/C=C/c3ccc(-c4cccc(F)c4)cn3)C3CCCCC3C[C@@H]2N1. The number of nitrogens with zero attached hydrogens (tertiary/aromatic N) is 1. The summed E-state index contributed by atoms with van der Waals surface area (Å²) in [5.41, 5.74) is 2.53. The van der Waals surface area contributed by atoms with Gasteiger partial charge in [0.2, 0.25) is 10.0 Å². The Morgan fingerprint density at radius 1 is 1.07 bits per heavy atom. The summed E-state index contributed by atoms with van der Waals surface area (Å²) in [6.45, 7) is 0. The standard InChI is InChI=1S/C24H27FN2O2S/c25-19-6-3-5-16(12-19)18-8-9-20(26-14-18)10-11-22-21-7-2-1-4-17(21)13-24-23(22)15-30(28,29)27-24/h3,5-6,8-12,14,17,21-24,27H,1-2,4,7,13,15H2/b11-10+/t17?,21?,22?,23-,24+/m1/s1. The van der Waals surface area contributed by atoms with Crippen LogP contribution in [0.5, 0.6) is 0 Å². The molecule has 5 rings (SSSR count). The molecule has 2 aromatic rings. The van der Waals surface area contributed by atoms with E-state index in [0.717, 1.165) is 23.2 Å². The minimum absolute atomic E-state index is 0.0762. The summed E-state index contributed by atoms with van der Waals surface area (Å²) < 4.78 is 40.9. The highest BCUT2D eigenvalue weighted by Crippen LogP contribution is 2.49. The van der Waals surface area contributed by atoms with Crippen LogP contribution < -0.4 is 4.72 Å². The zero-order valence-corrected chi connectivity index (χ0v) is 17.7. The average Bonchev–Trinajstić information content (AvgIpc) is 3.05. The summed E-state index contributed by atoms with van der Waals surface area (Å²) in [5, 5.41) is 0. The smallest absolute Gasteiger partial charge is 0.212 e. The Balaban J connectivity index is 1.38. The average molecular weight is 427 g/mol. The molecule has 5 atom stereocenters. The lowest BCUT2D eigenvalue weighted by atomic mass is 9.60. The van der Waals surface area contributed by atoms with E-state index < -0.39 is 10.0 Å². The summed E-state index contributed by atoms with van der Waals surface area (Å²) in [7, 11) is -3.16. The second-order valence-corrected chi connectivity index (χ2v) is 10.8. The Morgan fingerprint density at radius 3 is 2.73 bits per heavy atom. The molecule has 1 N–H and O–H groups in total. The molecule has 2 saturated carbocycles. The van der Waals surface area contributed by atoms with Crippen LogP contribution in [0, 0.1) is 29.5 Å². The fourth-order valence-electron chi connectivity index (χ4n) is 5.86. The Kier molecular flexibility index (Phi) is 5.23. The van der Waals surface area contributed by atoms with Gasteiger partial charge in [-0.3, -0.25) is 4.98 Å². The summed E-state index contributed by atoms with van der Waals surface area (Å²) >= 11 is 0. The molecule has 1 aromatic carbocycles. The predicted octanol–water partition coefficient (Wildman–Crippen LogP) is 4.65. The van der Waals surface area contributed by atoms with Gasteiger partial charge in [-0.25, -0.2) is 17.5 Å². The van der Waals surface area contributed by atoms with Gasteiger partial charge < -0.3 is 0 Å². The zero-order valence-electron chi connectivity index (χ0n) is 16.9. The summed E-state index contributed by atoms with van der Waals surface area (Å²) in [6, 6.07) is 10.5. The van der Waals surface area contributed by atoms with Crippen LogP contribution in [-0.4, -0.2) is 25.2 Å². The molecule has 3 aliphatic rings. The van der Waals surface area contributed by atoms with Crippen LogP contribution in [0.2, 0.25) is 0 Å². The van der Waals surface area contributed by atoms with Gasteiger partial charge in [-0.05, 0) is 66.4 Å². The molecule has 2 heterocycles. The molecule has 0 radical (unpaired) electrons. The number of nitrogens with one attached hydrogen (secondary N) is 1. The Bertz CT molecular complexity index is 1050. The Hall–Kier alpha value is -2.05. The first kappa shape index (κ1) is 19.9. The van der Waals surface area contributed by atoms with Crippen LogP contribution in [-0.2, 0) is 10.0 Å². The number of rotatable bonds is 3. The summed E-state index contributed by atoms with van der Waals surface area (Å²) in [4.78, 5) is 4.54. The lowest BCUT2D eigenvalue weighted by molar-refractivity contribution is 0.0769. The largest absolute Gasteiger partial charge is 0.256 e. The van der Waals surface area contributed by atoms with Crippen molar-refractivity contribution in [2.75, 3.05) is 5.75 Å². The highest BCUT2D eigenvalue weighted by atomic mass is 32.2. The number of halogens is 1. The van der Waals surface area contributed by atoms with Crippen molar-refractivity contribution in [3.8, 4) is 11.1 Å². The van der Waals surface area contributed by atoms with E-state index in [1.165, 1.54) is 37.8 Å². The first-order valence-corrected chi connectivity index (χ1v) is 12.5. The van der Waals surface area contributed by atoms with Crippen molar-refractivity contribution in [1.82, 2.24) is 9.71 Å². The third-order valence-corrected chi connectivity index (χ3v) is 8.69. The van der Waals surface area contributed by atoms with E-state index in [-0.39, 0.29) is 29.4 Å². The van der Waals surface area contributed by atoms with Crippen LogP contribution in [0.4, 0.5) is 4.39 Å². The minimum Gasteiger partial charge on any atom is -0.256 e. The highest BCUT2D eigenvalue weighted by molar-refractivity contribution is 7.89. The van der Waals surface area contributed by atoms with Crippen molar-refractivity contribution in [2.45, 2.75) is 38.1 Å². The van der Waals surface area contributed by atoms with E-state index in [2.05, 4.69) is 15.8 Å². The number of hydrogen-bond donors (Lipinski definition) is 1. The van der Waals surface area contributed by atoms with Crippen LogP contribution in [0.3, 0.4) is 0 Å². The first-order chi connectivity index (χ1) is 14.5. The second-order valence-electron chi connectivity index (χ2n) is 9.03. The molecule has 2 aliphatic carbocycles. The Labute approximate surface area is 177 Å². The van der Waals surface area contributed by atoms with E-state index in [1.807, 2.05) is 24.3 Å². The van der Waals surface area contributed by atoms with Crippen molar-refractivity contribution in [3.05, 3.63) is 60.2 Å². The van der Waals surface area contributed by atoms with Gasteiger partial charge in [0, 0.05) is 17.8 Å². The molecule has 3 fully saturated rings. The van der Waals surface area contributed by atoms with Crippen LogP contribution in [0.1, 0.15) is 37.8 Å². The monoisotopic (exact) mass is 426 g/mol.